The van der Waals surface area contributed by atoms with Crippen LogP contribution in [0.15, 0.2) is 59.0 Å². The zero-order valence-corrected chi connectivity index (χ0v) is 17.1. The van der Waals surface area contributed by atoms with E-state index < -0.39 is 0 Å². The Kier molecular flexibility index (Phi) is 4.94. The number of aromatic nitrogens is 2. The zero-order chi connectivity index (χ0) is 20.5. The molecule has 0 saturated heterocycles. The first-order valence-corrected chi connectivity index (χ1v) is 9.50. The average molecular weight is 388 g/mol. The van der Waals surface area contributed by atoms with Crippen LogP contribution in [0.5, 0.6) is 0 Å². The number of carbonyl (C=O) groups excluding carboxylic acids is 1. The predicted octanol–water partition coefficient (Wildman–Crippen LogP) is 4.46. The summed E-state index contributed by atoms with van der Waals surface area (Å²) >= 11 is 0. The topological polar surface area (TPSA) is 63.3 Å². The summed E-state index contributed by atoms with van der Waals surface area (Å²) in [6.07, 6.45) is 0. The van der Waals surface area contributed by atoms with Gasteiger partial charge in [-0.2, -0.15) is 5.10 Å². The van der Waals surface area contributed by atoms with Crippen LogP contribution in [0.4, 0.5) is 5.82 Å². The molecule has 2 aromatic heterocycles. The van der Waals surface area contributed by atoms with Gasteiger partial charge in [-0.05, 0) is 32.6 Å². The third-order valence-corrected chi connectivity index (χ3v) is 4.92. The molecule has 148 valence electrons. The molecule has 6 nitrogen and oxygen atoms in total. The molecule has 0 atom stereocenters. The standard InChI is InChI=1S/C23H24N4O2/c1-15-9-5-6-10-16(15)19-13-21(27(4)25-19)24-23(28)22-18(14-26(2)3)17-11-7-8-12-20(17)29-22/h5-13H,14H2,1-4H3,(H,24,28). The van der Waals surface area contributed by atoms with Gasteiger partial charge < -0.3 is 14.6 Å². The molecule has 29 heavy (non-hydrogen) atoms. The number of furan rings is 1. The number of amides is 1. The van der Waals surface area contributed by atoms with E-state index >= 15 is 0 Å². The Bertz CT molecular complexity index is 1190. The molecule has 1 amide bonds. The van der Waals surface area contributed by atoms with Crippen molar-refractivity contribution in [3.05, 3.63) is 71.5 Å². The van der Waals surface area contributed by atoms with Gasteiger partial charge in [0, 0.05) is 36.2 Å². The fourth-order valence-electron chi connectivity index (χ4n) is 3.50. The molecule has 0 saturated carbocycles. The van der Waals surface area contributed by atoms with E-state index in [1.54, 1.807) is 4.68 Å². The maximum absolute atomic E-state index is 13.1. The number of rotatable bonds is 5. The maximum Gasteiger partial charge on any atom is 0.292 e. The van der Waals surface area contributed by atoms with Crippen LogP contribution >= 0.6 is 0 Å². The molecule has 0 fully saturated rings. The quantitative estimate of drug-likeness (QED) is 0.548. The number of nitrogens with one attached hydrogen (secondary N) is 1. The Morgan fingerprint density at radius 1 is 1.14 bits per heavy atom. The van der Waals surface area contributed by atoms with Gasteiger partial charge in [0.15, 0.2) is 5.76 Å². The number of benzene rings is 2. The van der Waals surface area contributed by atoms with Gasteiger partial charge in [0.05, 0.1) is 5.69 Å². The Hall–Kier alpha value is -3.38. The molecule has 0 radical (unpaired) electrons. The summed E-state index contributed by atoms with van der Waals surface area (Å²) in [6, 6.07) is 17.7. The van der Waals surface area contributed by atoms with Crippen LogP contribution in [-0.2, 0) is 13.6 Å². The minimum atomic E-state index is -0.280. The first kappa shape index (κ1) is 19.0. The second-order valence-corrected chi connectivity index (χ2v) is 7.45. The zero-order valence-electron chi connectivity index (χ0n) is 17.1. The van der Waals surface area contributed by atoms with E-state index in [-0.39, 0.29) is 5.91 Å². The number of carbonyl (C=O) groups is 1. The summed E-state index contributed by atoms with van der Waals surface area (Å²) in [6.45, 7) is 2.66. The number of hydrogen-bond acceptors (Lipinski definition) is 4. The van der Waals surface area contributed by atoms with Crippen molar-refractivity contribution in [3.8, 4) is 11.3 Å². The number of fused-ring (bicyclic) bond motifs is 1. The Labute approximate surface area is 169 Å². The molecule has 0 aliphatic heterocycles. The molecule has 0 unspecified atom stereocenters. The Balaban J connectivity index is 1.68. The predicted molar refractivity (Wildman–Crippen MR) is 115 cm³/mol. The number of hydrogen-bond donors (Lipinski definition) is 1. The lowest BCUT2D eigenvalue weighted by atomic mass is 10.1. The second kappa shape index (κ2) is 7.56. The second-order valence-electron chi connectivity index (χ2n) is 7.45. The van der Waals surface area contributed by atoms with Crippen molar-refractivity contribution in [1.82, 2.24) is 14.7 Å². The van der Waals surface area contributed by atoms with Gasteiger partial charge in [-0.3, -0.25) is 9.48 Å². The molecular formula is C23H24N4O2. The van der Waals surface area contributed by atoms with Gasteiger partial charge >= 0.3 is 0 Å². The van der Waals surface area contributed by atoms with Gasteiger partial charge in [-0.1, -0.05) is 42.5 Å². The first-order valence-electron chi connectivity index (χ1n) is 9.50. The molecule has 4 aromatic rings. The van der Waals surface area contributed by atoms with E-state index in [0.29, 0.717) is 23.7 Å². The van der Waals surface area contributed by atoms with E-state index in [1.807, 2.05) is 87.6 Å². The summed E-state index contributed by atoms with van der Waals surface area (Å²) in [5.74, 6) is 0.667. The summed E-state index contributed by atoms with van der Waals surface area (Å²) in [5, 5.41) is 8.48. The van der Waals surface area contributed by atoms with Crippen LogP contribution in [0.25, 0.3) is 22.2 Å². The molecule has 0 spiro atoms. The summed E-state index contributed by atoms with van der Waals surface area (Å²) in [4.78, 5) is 15.1. The highest BCUT2D eigenvalue weighted by Gasteiger charge is 2.22. The Morgan fingerprint density at radius 2 is 1.86 bits per heavy atom. The molecule has 1 N–H and O–H groups in total. The molecule has 2 aromatic carbocycles. The molecular weight excluding hydrogens is 364 g/mol. The van der Waals surface area contributed by atoms with Crippen molar-refractivity contribution in [2.24, 2.45) is 7.05 Å². The van der Waals surface area contributed by atoms with Crippen LogP contribution in [-0.4, -0.2) is 34.7 Å². The van der Waals surface area contributed by atoms with Crippen LogP contribution < -0.4 is 5.32 Å². The monoisotopic (exact) mass is 388 g/mol. The lowest BCUT2D eigenvalue weighted by molar-refractivity contribution is 0.0995. The third kappa shape index (κ3) is 3.67. The average Bonchev–Trinajstić information content (AvgIpc) is 3.23. The smallest absolute Gasteiger partial charge is 0.292 e. The van der Waals surface area contributed by atoms with Crippen LogP contribution in [0.1, 0.15) is 21.7 Å². The number of nitrogens with zero attached hydrogens (tertiary/aromatic N) is 3. The summed E-state index contributed by atoms with van der Waals surface area (Å²) < 4.78 is 7.59. The van der Waals surface area contributed by atoms with Crippen LogP contribution in [0, 0.1) is 6.92 Å². The molecule has 6 heteroatoms. The molecule has 0 aliphatic rings. The van der Waals surface area contributed by atoms with E-state index in [0.717, 1.165) is 27.8 Å². The molecule has 0 aliphatic carbocycles. The van der Waals surface area contributed by atoms with Crippen molar-refractivity contribution in [2.75, 3.05) is 19.4 Å². The van der Waals surface area contributed by atoms with Gasteiger partial charge in [0.25, 0.3) is 5.91 Å². The molecule has 4 rings (SSSR count). The highest BCUT2D eigenvalue weighted by molar-refractivity contribution is 6.06. The van der Waals surface area contributed by atoms with Crippen molar-refractivity contribution < 1.29 is 9.21 Å². The van der Waals surface area contributed by atoms with Gasteiger partial charge in [-0.25, -0.2) is 0 Å². The number of aryl methyl sites for hydroxylation is 2. The minimum Gasteiger partial charge on any atom is -0.451 e. The summed E-state index contributed by atoms with van der Waals surface area (Å²) in [7, 11) is 5.76. The Morgan fingerprint density at radius 3 is 2.62 bits per heavy atom. The first-order chi connectivity index (χ1) is 13.9. The fraction of sp³-hybridized carbons (Fsp3) is 0.217. The number of para-hydroxylation sites is 1. The lowest BCUT2D eigenvalue weighted by Gasteiger charge is -2.10. The van der Waals surface area contributed by atoms with Crippen molar-refractivity contribution >= 4 is 22.7 Å². The van der Waals surface area contributed by atoms with Crippen molar-refractivity contribution in [3.63, 3.8) is 0 Å². The van der Waals surface area contributed by atoms with Crippen LogP contribution in [0.2, 0.25) is 0 Å². The fourth-order valence-corrected chi connectivity index (χ4v) is 3.50. The van der Waals surface area contributed by atoms with Crippen molar-refractivity contribution in [1.29, 1.82) is 0 Å². The molecule has 2 heterocycles. The lowest BCUT2D eigenvalue weighted by Crippen LogP contribution is -2.18. The minimum absolute atomic E-state index is 0.280. The third-order valence-electron chi connectivity index (χ3n) is 4.92. The van der Waals surface area contributed by atoms with E-state index in [4.69, 9.17) is 4.42 Å². The highest BCUT2D eigenvalue weighted by Crippen LogP contribution is 2.29. The van der Waals surface area contributed by atoms with Crippen LogP contribution in [0.3, 0.4) is 0 Å². The normalized spacial score (nSPS) is 11.3. The number of anilines is 1. The van der Waals surface area contributed by atoms with Gasteiger partial charge in [-0.15, -0.1) is 0 Å². The van der Waals surface area contributed by atoms with Crippen molar-refractivity contribution in [2.45, 2.75) is 13.5 Å². The van der Waals surface area contributed by atoms with Gasteiger partial charge in [0.2, 0.25) is 0 Å². The highest BCUT2D eigenvalue weighted by atomic mass is 16.3. The van der Waals surface area contributed by atoms with E-state index in [9.17, 15) is 4.79 Å². The maximum atomic E-state index is 13.1. The molecule has 0 bridgehead atoms. The SMILES string of the molecule is Cc1ccccc1-c1cc(NC(=O)c2oc3ccccc3c2CN(C)C)n(C)n1. The largest absolute Gasteiger partial charge is 0.451 e. The van der Waals surface area contributed by atoms with E-state index in [2.05, 4.69) is 10.4 Å². The van der Waals surface area contributed by atoms with Gasteiger partial charge in [0.1, 0.15) is 11.4 Å². The van der Waals surface area contributed by atoms with E-state index in [1.165, 1.54) is 0 Å². The summed E-state index contributed by atoms with van der Waals surface area (Å²) in [5.41, 5.74) is 4.58.